The van der Waals surface area contributed by atoms with Gasteiger partial charge in [-0.25, -0.2) is 4.79 Å². The molecule has 0 N–H and O–H groups in total. The number of nitro benzene ring substituents is 1. The van der Waals surface area contributed by atoms with E-state index in [1.165, 1.54) is 52.7 Å². The summed E-state index contributed by atoms with van der Waals surface area (Å²) in [4.78, 5) is 50.4. The molecule has 1 fully saturated rings. The van der Waals surface area contributed by atoms with Gasteiger partial charge in [0.2, 0.25) is 11.8 Å². The molecule has 0 aliphatic carbocycles. The van der Waals surface area contributed by atoms with E-state index < -0.39 is 10.9 Å². The van der Waals surface area contributed by atoms with Crippen molar-refractivity contribution in [3.8, 4) is 0 Å². The van der Waals surface area contributed by atoms with Crippen LogP contribution >= 0.6 is 23.5 Å². The van der Waals surface area contributed by atoms with Gasteiger partial charge in [-0.1, -0.05) is 11.8 Å². The number of carbonyl (C=O) groups is 3. The van der Waals surface area contributed by atoms with E-state index in [-0.39, 0.29) is 40.9 Å². The Morgan fingerprint density at radius 1 is 1.30 bits per heavy atom. The molecule has 1 saturated heterocycles. The summed E-state index contributed by atoms with van der Waals surface area (Å²) in [5.41, 5.74) is 0.726. The second-order valence-electron chi connectivity index (χ2n) is 6.53. The topological polar surface area (TPSA) is 110 Å². The van der Waals surface area contributed by atoms with Crippen LogP contribution in [0.3, 0.4) is 0 Å². The minimum Gasteiger partial charge on any atom is -0.456 e. The number of hydrogen-bond acceptors (Lipinski definition) is 8. The zero-order valence-corrected chi connectivity index (χ0v) is 18.2. The largest absolute Gasteiger partial charge is 0.456 e. The molecule has 0 radical (unpaired) electrons. The van der Waals surface area contributed by atoms with Crippen LogP contribution in [0.5, 0.6) is 0 Å². The minimum absolute atomic E-state index is 0.0303. The Hall–Kier alpha value is -2.53. The first-order valence-corrected chi connectivity index (χ1v) is 11.3. The number of benzene rings is 1. The van der Waals surface area contributed by atoms with Crippen molar-refractivity contribution in [1.29, 1.82) is 0 Å². The Balaban J connectivity index is 1.68. The van der Waals surface area contributed by atoms with Gasteiger partial charge in [-0.2, -0.15) is 0 Å². The molecule has 0 spiro atoms. The summed E-state index contributed by atoms with van der Waals surface area (Å²) in [5, 5.41) is 10.6. The molecule has 0 saturated carbocycles. The molecule has 0 bridgehead atoms. The van der Waals surface area contributed by atoms with Crippen molar-refractivity contribution in [3.05, 3.63) is 49.9 Å². The van der Waals surface area contributed by atoms with Crippen LogP contribution in [0, 0.1) is 10.1 Å². The van der Waals surface area contributed by atoms with Gasteiger partial charge < -0.3 is 9.64 Å². The van der Waals surface area contributed by atoms with Gasteiger partial charge in [0.05, 0.1) is 26.7 Å². The number of fused-ring (bicyclic) bond motifs is 1. The van der Waals surface area contributed by atoms with E-state index in [2.05, 4.69) is 0 Å². The number of carbonyl (C=O) groups excluding carboxylic acids is 3. The molecule has 0 unspecified atom stereocenters. The summed E-state index contributed by atoms with van der Waals surface area (Å²) < 4.78 is 5.97. The van der Waals surface area contributed by atoms with E-state index in [0.717, 1.165) is 0 Å². The quantitative estimate of drug-likeness (QED) is 0.244. The first kappa shape index (κ1) is 22.2. The number of esters is 1. The maximum absolute atomic E-state index is 12.7. The lowest BCUT2D eigenvalue weighted by Crippen LogP contribution is -2.48. The molecular weight excluding hydrogens is 430 g/mol. The Morgan fingerprint density at radius 3 is 2.53 bits per heavy atom. The first-order valence-electron chi connectivity index (χ1n) is 9.39. The molecular formula is C19H21N3O6S2. The van der Waals surface area contributed by atoms with Crippen molar-refractivity contribution in [2.45, 2.75) is 32.2 Å². The number of ether oxygens (including phenoxy) is 1. The highest BCUT2D eigenvalue weighted by Gasteiger charge is 2.49. The molecule has 30 heavy (non-hydrogen) atoms. The third kappa shape index (κ3) is 4.62. The Bertz CT molecular complexity index is 898. The predicted octanol–water partition coefficient (Wildman–Crippen LogP) is 2.71. The van der Waals surface area contributed by atoms with Gasteiger partial charge in [0.1, 0.15) is 6.61 Å². The van der Waals surface area contributed by atoms with E-state index in [9.17, 15) is 24.5 Å². The van der Waals surface area contributed by atoms with Crippen LogP contribution in [0.25, 0.3) is 0 Å². The average molecular weight is 452 g/mol. The number of amides is 2. The monoisotopic (exact) mass is 451 g/mol. The number of nitrogens with zero attached hydrogens (tertiary/aromatic N) is 3. The van der Waals surface area contributed by atoms with Crippen LogP contribution in [0.2, 0.25) is 0 Å². The van der Waals surface area contributed by atoms with Gasteiger partial charge in [-0.3, -0.25) is 24.6 Å². The summed E-state index contributed by atoms with van der Waals surface area (Å²) in [5.74, 6) is -0.648. The van der Waals surface area contributed by atoms with Crippen LogP contribution in [0.4, 0.5) is 5.69 Å². The van der Waals surface area contributed by atoms with Crippen LogP contribution in [-0.4, -0.2) is 56.7 Å². The molecule has 2 heterocycles. The fourth-order valence-electron chi connectivity index (χ4n) is 3.04. The van der Waals surface area contributed by atoms with Crippen molar-refractivity contribution < 1.29 is 24.0 Å². The summed E-state index contributed by atoms with van der Waals surface area (Å²) in [6.07, 6.45) is 0.345. The van der Waals surface area contributed by atoms with Gasteiger partial charge >= 0.3 is 5.97 Å². The van der Waals surface area contributed by atoms with Gasteiger partial charge in [0, 0.05) is 25.2 Å². The van der Waals surface area contributed by atoms with Crippen molar-refractivity contribution >= 4 is 47.0 Å². The molecule has 9 nitrogen and oxygen atoms in total. The minimum atomic E-state index is -0.644. The maximum atomic E-state index is 12.7. The normalized spacial score (nSPS) is 17.5. The third-order valence-electron chi connectivity index (χ3n) is 4.74. The second-order valence-corrected chi connectivity index (χ2v) is 8.96. The standard InChI is InChI=1S/C19H21N3O6S2/c1-3-20(4-2)15(24)11-29-19-17(21-14(23)9-16(21)30-19)18(25)28-10-12-5-7-13(8-6-12)22(26)27/h5-8,16H,3-4,9-11H2,1-2H3/t16-/m1/s1. The summed E-state index contributed by atoms with van der Waals surface area (Å²) in [6.45, 7) is 4.95. The Kier molecular flexibility index (Phi) is 7.03. The molecule has 1 aromatic rings. The van der Waals surface area contributed by atoms with Crippen LogP contribution < -0.4 is 0 Å². The molecule has 160 valence electrons. The summed E-state index contributed by atoms with van der Waals surface area (Å²) >= 11 is 2.64. The highest BCUT2D eigenvalue weighted by atomic mass is 32.2. The first-order chi connectivity index (χ1) is 14.3. The molecule has 2 amide bonds. The van der Waals surface area contributed by atoms with Gasteiger partial charge in [-0.05, 0) is 31.5 Å². The molecule has 2 aliphatic heterocycles. The maximum Gasteiger partial charge on any atom is 0.357 e. The number of rotatable bonds is 9. The lowest BCUT2D eigenvalue weighted by Gasteiger charge is -2.34. The zero-order chi connectivity index (χ0) is 21.8. The van der Waals surface area contributed by atoms with Crippen molar-refractivity contribution in [2.75, 3.05) is 18.8 Å². The number of thioether (sulfide) groups is 2. The smallest absolute Gasteiger partial charge is 0.357 e. The van der Waals surface area contributed by atoms with E-state index in [4.69, 9.17) is 4.74 Å². The molecule has 1 aromatic carbocycles. The SMILES string of the molecule is CCN(CC)C(=O)CSC1=C(C(=O)OCc2ccc([N+](=O)[O-])cc2)N2C(=O)C[C@H]2S1. The van der Waals surface area contributed by atoms with Gasteiger partial charge in [0.25, 0.3) is 5.69 Å². The highest BCUT2D eigenvalue weighted by Crippen LogP contribution is 2.50. The van der Waals surface area contributed by atoms with Crippen molar-refractivity contribution in [1.82, 2.24) is 9.80 Å². The molecule has 2 aliphatic rings. The summed E-state index contributed by atoms with van der Waals surface area (Å²) in [7, 11) is 0. The van der Waals surface area contributed by atoms with Crippen LogP contribution in [0.15, 0.2) is 34.2 Å². The average Bonchev–Trinajstić information content (AvgIpc) is 3.03. The molecule has 0 aromatic heterocycles. The fourth-order valence-corrected chi connectivity index (χ4v) is 5.67. The van der Waals surface area contributed by atoms with Crippen LogP contribution in [-0.2, 0) is 25.7 Å². The van der Waals surface area contributed by atoms with E-state index in [0.29, 0.717) is 29.3 Å². The number of nitro groups is 1. The number of non-ortho nitro benzene ring substituents is 1. The van der Waals surface area contributed by atoms with E-state index in [1.54, 1.807) is 4.90 Å². The molecule has 1 atom stereocenters. The lowest BCUT2D eigenvalue weighted by molar-refractivity contribution is -0.384. The third-order valence-corrected chi connectivity index (χ3v) is 7.28. The van der Waals surface area contributed by atoms with Crippen molar-refractivity contribution in [3.63, 3.8) is 0 Å². The zero-order valence-electron chi connectivity index (χ0n) is 16.5. The van der Waals surface area contributed by atoms with Crippen LogP contribution in [0.1, 0.15) is 25.8 Å². The van der Waals surface area contributed by atoms with E-state index in [1.807, 2.05) is 13.8 Å². The number of hydrogen-bond donors (Lipinski definition) is 0. The van der Waals surface area contributed by atoms with E-state index >= 15 is 0 Å². The van der Waals surface area contributed by atoms with Crippen molar-refractivity contribution in [2.24, 2.45) is 0 Å². The van der Waals surface area contributed by atoms with Gasteiger partial charge in [0.15, 0.2) is 5.70 Å². The lowest BCUT2D eigenvalue weighted by atomic mass is 10.2. The predicted molar refractivity (Wildman–Crippen MR) is 113 cm³/mol. The second kappa shape index (κ2) is 9.52. The fraction of sp³-hybridized carbons (Fsp3) is 0.421. The molecule has 3 rings (SSSR count). The van der Waals surface area contributed by atoms with Gasteiger partial charge in [-0.15, -0.1) is 11.8 Å². The number of β-lactam (4-membered cyclic amide) rings is 1. The highest BCUT2D eigenvalue weighted by molar-refractivity contribution is 8.23. The Labute approximate surface area is 181 Å². The molecule has 11 heteroatoms. The summed E-state index contributed by atoms with van der Waals surface area (Å²) in [6, 6.07) is 5.70. The Morgan fingerprint density at radius 2 is 1.97 bits per heavy atom.